The smallest absolute Gasteiger partial charge is 0.303 e. The number of likely N-dealkylation sites (N-methyl/N-ethyl adjacent to an activating group) is 2. The number of carbonyl (C=O) groups is 3. The minimum Gasteiger partial charge on any atom is -0.507 e. The van der Waals surface area contributed by atoms with Gasteiger partial charge in [0.1, 0.15) is 29.3 Å². The maximum atomic E-state index is 15.1. The minimum absolute atomic E-state index is 0.0190. The van der Waals surface area contributed by atoms with Gasteiger partial charge in [-0.15, -0.1) is 0 Å². The number of ether oxygens (including phenoxy) is 4. The zero-order valence-corrected chi connectivity index (χ0v) is 33.0. The van der Waals surface area contributed by atoms with Crippen LogP contribution in [0.5, 0.6) is 5.75 Å². The lowest BCUT2D eigenvalue weighted by molar-refractivity contribution is -0.201. The molecule has 0 bridgehead atoms. The normalized spacial score (nSPS) is 33.3. The second-order valence-electron chi connectivity index (χ2n) is 16.2. The van der Waals surface area contributed by atoms with Crippen molar-refractivity contribution < 1.29 is 48.0 Å². The van der Waals surface area contributed by atoms with Gasteiger partial charge in [0, 0.05) is 35.7 Å². The fraction of sp³-hybridized carbons (Fsp3) is 0.524. The molecule has 1 aromatic heterocycles. The van der Waals surface area contributed by atoms with Crippen LogP contribution in [-0.2, 0) is 29.3 Å². The Morgan fingerprint density at radius 3 is 2.27 bits per heavy atom. The minimum atomic E-state index is -0.953. The number of phenolic OH excluding ortho intramolecular Hbond substituents is 1. The van der Waals surface area contributed by atoms with Crippen LogP contribution in [0, 0.1) is 0 Å². The van der Waals surface area contributed by atoms with Gasteiger partial charge in [0.15, 0.2) is 16.8 Å². The number of carbonyl (C=O) groups excluding carboxylic acids is 3. The number of phenols is 1. The number of fused-ring (bicyclic) bond motifs is 4. The average molecular weight is 759 g/mol. The summed E-state index contributed by atoms with van der Waals surface area (Å²) in [5.41, 5.74) is -1.99. The van der Waals surface area contributed by atoms with E-state index >= 15 is 4.79 Å². The molecule has 2 aromatic carbocycles. The highest BCUT2D eigenvalue weighted by Crippen LogP contribution is 2.51. The fourth-order valence-electron chi connectivity index (χ4n) is 8.82. The van der Waals surface area contributed by atoms with E-state index < -0.39 is 76.5 Å². The molecule has 4 aliphatic rings. The van der Waals surface area contributed by atoms with Crippen LogP contribution in [0.2, 0.25) is 0 Å². The number of esters is 1. The summed E-state index contributed by atoms with van der Waals surface area (Å²) in [5.74, 6) is -1.95. The number of epoxide rings is 1. The van der Waals surface area contributed by atoms with Crippen molar-refractivity contribution in [2.45, 2.75) is 114 Å². The Morgan fingerprint density at radius 1 is 0.945 bits per heavy atom. The van der Waals surface area contributed by atoms with Crippen LogP contribution in [0.15, 0.2) is 45.6 Å². The van der Waals surface area contributed by atoms with Crippen LogP contribution in [-0.4, -0.2) is 108 Å². The molecule has 3 aliphatic heterocycles. The molecule has 13 heteroatoms. The number of aliphatic hydroxyl groups excluding tert-OH is 1. The standard InChI is InChI=1S/C42H50N2O11/c1-11-12-30-42(6,55-30)31-17-27(46)22-13-14-23-33(39(22)54-31)38(50)34-32(36(23)48)24(28-16-26(43(7)8)35(47)19(2)51-28)15-25(37(34)49)29-18-41(5,44(9)10)40(20(3)52-29)53-21(4)45/h11-15,17,19-20,26,28-30,35,40,47,49H,16,18H2,1-10H3/t19-,20+,26-,28-,29-,30-,35-,40-,41+,42-/m0/s1. The first kappa shape index (κ1) is 39.0. The number of rotatable bonds is 7. The largest absolute Gasteiger partial charge is 0.507 e. The highest BCUT2D eigenvalue weighted by Gasteiger charge is 2.55. The van der Waals surface area contributed by atoms with E-state index in [0.29, 0.717) is 5.56 Å². The topological polar surface area (TPSA) is 169 Å². The summed E-state index contributed by atoms with van der Waals surface area (Å²) >= 11 is 0. The van der Waals surface area contributed by atoms with Gasteiger partial charge in [0.2, 0.25) is 5.78 Å². The zero-order valence-electron chi connectivity index (χ0n) is 33.0. The molecule has 3 aromatic rings. The van der Waals surface area contributed by atoms with Crippen LogP contribution in [0.4, 0.5) is 0 Å². The van der Waals surface area contributed by atoms with E-state index in [9.17, 15) is 24.6 Å². The third-order valence-electron chi connectivity index (χ3n) is 12.3. The molecule has 4 heterocycles. The molecule has 7 rings (SSSR count). The van der Waals surface area contributed by atoms with Crippen molar-refractivity contribution in [2.75, 3.05) is 28.2 Å². The molecule has 2 N–H and O–H groups in total. The van der Waals surface area contributed by atoms with E-state index in [1.165, 1.54) is 25.1 Å². The number of benzene rings is 2. The lowest BCUT2D eigenvalue weighted by Gasteiger charge is -2.50. The van der Waals surface area contributed by atoms with E-state index in [1.807, 2.05) is 64.0 Å². The van der Waals surface area contributed by atoms with Gasteiger partial charge in [-0.1, -0.05) is 12.2 Å². The highest BCUT2D eigenvalue weighted by molar-refractivity contribution is 6.33. The summed E-state index contributed by atoms with van der Waals surface area (Å²) in [6, 6.07) is 5.59. The SMILES string of the molecule is CC=C[C@@H]1O[C@]1(C)c1cc(=O)c2ccc3c(c2o1)C(=O)c1c(O)c([C@@H]2C[C@@](C)(N(C)C)[C@@H](OC(C)=O)[C@@H](C)O2)cc([C@@H]2C[C@H](N(C)C)[C@@H](O)[C@H](C)O2)c1C3=O. The lowest BCUT2D eigenvalue weighted by atomic mass is 9.75. The Hall–Kier alpha value is -4.24. The number of aromatic hydroxyl groups is 1. The lowest BCUT2D eigenvalue weighted by Crippen LogP contribution is -2.61. The van der Waals surface area contributed by atoms with E-state index in [4.69, 9.17) is 23.4 Å². The molecule has 3 fully saturated rings. The summed E-state index contributed by atoms with van der Waals surface area (Å²) in [6.45, 7) is 10.5. The first-order chi connectivity index (χ1) is 25.8. The number of nitrogens with zero attached hydrogens (tertiary/aromatic N) is 2. The van der Waals surface area contributed by atoms with E-state index in [0.717, 1.165) is 0 Å². The number of ketones is 2. The average Bonchev–Trinajstić information content (AvgIpc) is 3.78. The van der Waals surface area contributed by atoms with Gasteiger partial charge >= 0.3 is 5.97 Å². The Bertz CT molecular complexity index is 2190. The molecular weight excluding hydrogens is 708 g/mol. The van der Waals surface area contributed by atoms with Crippen LogP contribution < -0.4 is 5.43 Å². The molecule has 3 saturated heterocycles. The number of aliphatic hydroxyl groups is 1. The van der Waals surface area contributed by atoms with Gasteiger partial charge in [0.25, 0.3) is 0 Å². The molecule has 0 amide bonds. The van der Waals surface area contributed by atoms with Crippen LogP contribution >= 0.6 is 0 Å². The van der Waals surface area contributed by atoms with Gasteiger partial charge in [-0.2, -0.15) is 0 Å². The quantitative estimate of drug-likeness (QED) is 0.151. The Balaban J connectivity index is 1.45. The van der Waals surface area contributed by atoms with Gasteiger partial charge in [-0.05, 0) is 99.4 Å². The molecule has 1 aliphatic carbocycles. The summed E-state index contributed by atoms with van der Waals surface area (Å²) in [4.78, 5) is 59.5. The van der Waals surface area contributed by atoms with Crippen LogP contribution in [0.3, 0.4) is 0 Å². The second kappa shape index (κ2) is 13.7. The number of allylic oxidation sites excluding steroid dienone is 1. The summed E-state index contributed by atoms with van der Waals surface area (Å²) in [5, 5.41) is 23.5. The molecule has 55 heavy (non-hydrogen) atoms. The van der Waals surface area contributed by atoms with E-state index in [1.54, 1.807) is 26.8 Å². The highest BCUT2D eigenvalue weighted by atomic mass is 16.6. The molecular formula is C42H50N2O11. The summed E-state index contributed by atoms with van der Waals surface area (Å²) in [6.07, 6.45) is -0.525. The van der Waals surface area contributed by atoms with Crippen molar-refractivity contribution in [3.63, 3.8) is 0 Å². The van der Waals surface area contributed by atoms with Crippen molar-refractivity contribution in [1.82, 2.24) is 9.80 Å². The van der Waals surface area contributed by atoms with Crippen molar-refractivity contribution in [2.24, 2.45) is 0 Å². The maximum Gasteiger partial charge on any atom is 0.303 e. The third-order valence-corrected chi connectivity index (χ3v) is 12.3. The molecule has 0 radical (unpaired) electrons. The zero-order chi connectivity index (χ0) is 40.0. The molecule has 13 nitrogen and oxygen atoms in total. The summed E-state index contributed by atoms with van der Waals surface area (Å²) in [7, 11) is 7.44. The number of hydrogen-bond acceptors (Lipinski definition) is 13. The van der Waals surface area contributed by atoms with Crippen molar-refractivity contribution in [3.8, 4) is 5.75 Å². The Labute approximate surface area is 319 Å². The van der Waals surface area contributed by atoms with Gasteiger partial charge < -0.3 is 43.4 Å². The summed E-state index contributed by atoms with van der Waals surface area (Å²) < 4.78 is 30.9. The van der Waals surface area contributed by atoms with E-state index in [-0.39, 0.29) is 69.5 Å². The predicted molar refractivity (Wildman–Crippen MR) is 201 cm³/mol. The molecule has 0 spiro atoms. The second-order valence-corrected chi connectivity index (χ2v) is 16.2. The van der Waals surface area contributed by atoms with Gasteiger partial charge in [-0.3, -0.25) is 19.2 Å². The Morgan fingerprint density at radius 2 is 1.64 bits per heavy atom. The van der Waals surface area contributed by atoms with Crippen molar-refractivity contribution in [3.05, 3.63) is 85.8 Å². The van der Waals surface area contributed by atoms with Crippen LogP contribution in [0.25, 0.3) is 11.0 Å². The van der Waals surface area contributed by atoms with Crippen LogP contribution in [0.1, 0.15) is 115 Å². The first-order valence-electron chi connectivity index (χ1n) is 18.7. The molecule has 0 saturated carbocycles. The fourth-order valence-corrected chi connectivity index (χ4v) is 8.82. The van der Waals surface area contributed by atoms with E-state index in [2.05, 4.69) is 0 Å². The molecule has 294 valence electrons. The van der Waals surface area contributed by atoms with Gasteiger partial charge in [0.05, 0.1) is 52.6 Å². The monoisotopic (exact) mass is 758 g/mol. The number of hydrogen-bond donors (Lipinski definition) is 2. The predicted octanol–water partition coefficient (Wildman–Crippen LogP) is 4.71. The van der Waals surface area contributed by atoms with Crippen molar-refractivity contribution in [1.29, 1.82) is 0 Å². The maximum absolute atomic E-state index is 15.1. The molecule has 0 unspecified atom stereocenters. The van der Waals surface area contributed by atoms with Crippen molar-refractivity contribution >= 4 is 28.5 Å². The van der Waals surface area contributed by atoms with Gasteiger partial charge in [-0.25, -0.2) is 0 Å². The Kier molecular flexibility index (Phi) is 9.75. The molecule has 10 atom stereocenters. The third kappa shape index (κ3) is 6.16. The first-order valence-corrected chi connectivity index (χ1v) is 18.7.